The van der Waals surface area contributed by atoms with Crippen molar-refractivity contribution in [3.8, 4) is 5.75 Å². The van der Waals surface area contributed by atoms with Crippen LogP contribution in [0.15, 0.2) is 24.8 Å². The predicted octanol–water partition coefficient (Wildman–Crippen LogP) is 4.53. The molecule has 0 bridgehead atoms. The van der Waals surface area contributed by atoms with Crippen LogP contribution < -0.4 is 4.74 Å². The van der Waals surface area contributed by atoms with Crippen LogP contribution in [0.2, 0.25) is 0 Å². The summed E-state index contributed by atoms with van der Waals surface area (Å²) in [7, 11) is 0. The van der Waals surface area contributed by atoms with Crippen LogP contribution in [0.4, 0.5) is 13.2 Å². The summed E-state index contributed by atoms with van der Waals surface area (Å²) >= 11 is 0. The third kappa shape index (κ3) is 3.80. The monoisotopic (exact) mass is 244 g/mol. The van der Waals surface area contributed by atoms with E-state index in [1.165, 1.54) is 12.1 Å². The predicted molar refractivity (Wildman–Crippen MR) is 61.9 cm³/mol. The van der Waals surface area contributed by atoms with Crippen LogP contribution in [0.3, 0.4) is 0 Å². The third-order valence-electron chi connectivity index (χ3n) is 2.28. The van der Waals surface area contributed by atoms with Crippen LogP contribution in [0, 0.1) is 0 Å². The molecule has 0 atom stereocenters. The molecule has 1 aromatic rings. The molecular weight excluding hydrogens is 229 g/mol. The van der Waals surface area contributed by atoms with Gasteiger partial charge in [0, 0.05) is 0 Å². The minimum Gasteiger partial charge on any atom is -0.405 e. The van der Waals surface area contributed by atoms with E-state index in [0.29, 0.717) is 11.1 Å². The van der Waals surface area contributed by atoms with Crippen molar-refractivity contribution in [1.29, 1.82) is 0 Å². The van der Waals surface area contributed by atoms with Gasteiger partial charge in [-0.3, -0.25) is 0 Å². The SMILES string of the molecule is C=Cc1ccc(C(C)(C)C)c(OC(F)(F)F)c1. The maximum absolute atomic E-state index is 12.3. The molecule has 0 saturated carbocycles. The zero-order chi connectivity index (χ0) is 13.3. The van der Waals surface area contributed by atoms with E-state index in [1.54, 1.807) is 12.1 Å². The minimum absolute atomic E-state index is 0.164. The Morgan fingerprint density at radius 1 is 1.18 bits per heavy atom. The smallest absolute Gasteiger partial charge is 0.405 e. The van der Waals surface area contributed by atoms with Crippen LogP contribution in [-0.2, 0) is 5.41 Å². The molecule has 0 saturated heterocycles. The number of ether oxygens (including phenoxy) is 1. The van der Waals surface area contributed by atoms with Crippen LogP contribution in [0.25, 0.3) is 6.08 Å². The lowest BCUT2D eigenvalue weighted by Crippen LogP contribution is -2.21. The topological polar surface area (TPSA) is 9.23 Å². The third-order valence-corrected chi connectivity index (χ3v) is 2.28. The summed E-state index contributed by atoms with van der Waals surface area (Å²) in [5, 5.41) is 0. The number of hydrogen-bond acceptors (Lipinski definition) is 1. The summed E-state index contributed by atoms with van der Waals surface area (Å²) in [6.45, 7) is 9.02. The fourth-order valence-electron chi connectivity index (χ4n) is 1.49. The fraction of sp³-hybridized carbons (Fsp3) is 0.385. The maximum Gasteiger partial charge on any atom is 0.573 e. The van der Waals surface area contributed by atoms with Gasteiger partial charge in [0.2, 0.25) is 0 Å². The van der Waals surface area contributed by atoms with Crippen LogP contribution >= 0.6 is 0 Å². The Morgan fingerprint density at radius 2 is 1.76 bits per heavy atom. The molecule has 0 heterocycles. The standard InChI is InChI=1S/C13H15F3O/c1-5-9-6-7-10(12(2,3)4)11(8-9)17-13(14,15)16/h5-8H,1H2,2-4H3. The highest BCUT2D eigenvalue weighted by Gasteiger charge is 2.33. The Balaban J connectivity index is 3.26. The number of halogens is 3. The Labute approximate surface area is 98.9 Å². The second-order valence-corrected chi connectivity index (χ2v) is 4.76. The summed E-state index contributed by atoms with van der Waals surface area (Å²) < 4.78 is 40.9. The van der Waals surface area contributed by atoms with Gasteiger partial charge in [-0.25, -0.2) is 0 Å². The molecule has 1 aromatic carbocycles. The number of rotatable bonds is 2. The van der Waals surface area contributed by atoms with Gasteiger partial charge in [0.25, 0.3) is 0 Å². The van der Waals surface area contributed by atoms with E-state index < -0.39 is 11.8 Å². The van der Waals surface area contributed by atoms with E-state index in [1.807, 2.05) is 20.8 Å². The number of hydrogen-bond donors (Lipinski definition) is 0. The van der Waals surface area contributed by atoms with E-state index in [-0.39, 0.29) is 5.75 Å². The Kier molecular flexibility index (Phi) is 3.55. The van der Waals surface area contributed by atoms with E-state index in [2.05, 4.69) is 11.3 Å². The maximum atomic E-state index is 12.3. The van der Waals surface area contributed by atoms with Crippen LogP contribution in [-0.4, -0.2) is 6.36 Å². The van der Waals surface area contributed by atoms with Crippen LogP contribution in [0.1, 0.15) is 31.9 Å². The quantitative estimate of drug-likeness (QED) is 0.742. The molecule has 1 rings (SSSR count). The zero-order valence-corrected chi connectivity index (χ0v) is 10.1. The van der Waals surface area contributed by atoms with E-state index in [4.69, 9.17) is 0 Å². The Morgan fingerprint density at radius 3 is 2.18 bits per heavy atom. The Hall–Kier alpha value is -1.45. The van der Waals surface area contributed by atoms with Crippen LogP contribution in [0.5, 0.6) is 5.75 Å². The van der Waals surface area contributed by atoms with Crippen molar-refractivity contribution in [2.75, 3.05) is 0 Å². The number of alkyl halides is 3. The van der Waals surface area contributed by atoms with Gasteiger partial charge in [0.15, 0.2) is 0 Å². The summed E-state index contributed by atoms with van der Waals surface area (Å²) in [6.07, 6.45) is -3.20. The van der Waals surface area contributed by atoms with Gasteiger partial charge in [-0.2, -0.15) is 0 Å². The fourth-order valence-corrected chi connectivity index (χ4v) is 1.49. The van der Waals surface area contributed by atoms with Crippen molar-refractivity contribution < 1.29 is 17.9 Å². The van der Waals surface area contributed by atoms with Crippen molar-refractivity contribution in [1.82, 2.24) is 0 Å². The first-order valence-corrected chi connectivity index (χ1v) is 5.16. The molecule has 0 aliphatic carbocycles. The largest absolute Gasteiger partial charge is 0.573 e. The first-order chi connectivity index (χ1) is 7.63. The van der Waals surface area contributed by atoms with Crippen molar-refractivity contribution in [3.05, 3.63) is 35.9 Å². The van der Waals surface area contributed by atoms with Crippen molar-refractivity contribution in [2.45, 2.75) is 32.5 Å². The molecule has 0 unspecified atom stereocenters. The molecule has 17 heavy (non-hydrogen) atoms. The highest BCUT2D eigenvalue weighted by Crippen LogP contribution is 2.35. The number of benzene rings is 1. The minimum atomic E-state index is -4.68. The summed E-state index contributed by atoms with van der Waals surface area (Å²) in [4.78, 5) is 0. The molecule has 0 aromatic heterocycles. The summed E-state index contributed by atoms with van der Waals surface area (Å²) in [6, 6.07) is 4.70. The van der Waals surface area contributed by atoms with Gasteiger partial charge in [-0.15, -0.1) is 13.2 Å². The molecule has 0 fully saturated rings. The second-order valence-electron chi connectivity index (χ2n) is 4.76. The van der Waals surface area contributed by atoms with Gasteiger partial charge in [-0.05, 0) is 22.6 Å². The lowest BCUT2D eigenvalue weighted by atomic mass is 9.86. The van der Waals surface area contributed by atoms with Gasteiger partial charge < -0.3 is 4.74 Å². The van der Waals surface area contributed by atoms with Crippen molar-refractivity contribution in [3.63, 3.8) is 0 Å². The molecule has 4 heteroatoms. The van der Waals surface area contributed by atoms with E-state index in [9.17, 15) is 13.2 Å². The summed E-state index contributed by atoms with van der Waals surface area (Å²) in [5.74, 6) is -0.164. The molecule has 0 radical (unpaired) electrons. The molecule has 1 nitrogen and oxygen atoms in total. The van der Waals surface area contributed by atoms with Gasteiger partial charge in [-0.1, -0.05) is 45.6 Å². The van der Waals surface area contributed by atoms with Gasteiger partial charge in [0.05, 0.1) is 0 Å². The lowest BCUT2D eigenvalue weighted by Gasteiger charge is -2.23. The first-order valence-electron chi connectivity index (χ1n) is 5.16. The first kappa shape index (κ1) is 13.6. The summed E-state index contributed by atoms with van der Waals surface area (Å²) in [5.41, 5.74) is 0.693. The lowest BCUT2D eigenvalue weighted by molar-refractivity contribution is -0.275. The molecule has 0 aliphatic rings. The van der Waals surface area contributed by atoms with E-state index >= 15 is 0 Å². The average molecular weight is 244 g/mol. The molecular formula is C13H15F3O. The highest BCUT2D eigenvalue weighted by atomic mass is 19.4. The van der Waals surface area contributed by atoms with Gasteiger partial charge >= 0.3 is 6.36 Å². The second kappa shape index (κ2) is 4.43. The van der Waals surface area contributed by atoms with E-state index in [0.717, 1.165) is 0 Å². The average Bonchev–Trinajstić information content (AvgIpc) is 2.13. The zero-order valence-electron chi connectivity index (χ0n) is 10.1. The highest BCUT2D eigenvalue weighted by molar-refractivity contribution is 5.53. The Bertz CT molecular complexity index is 414. The molecule has 0 amide bonds. The van der Waals surface area contributed by atoms with Crippen molar-refractivity contribution in [2.24, 2.45) is 0 Å². The van der Waals surface area contributed by atoms with Crippen molar-refractivity contribution >= 4 is 6.08 Å². The normalized spacial score (nSPS) is 12.4. The molecule has 0 spiro atoms. The molecule has 94 valence electrons. The molecule has 0 aliphatic heterocycles. The molecule has 0 N–H and O–H groups in total. The van der Waals surface area contributed by atoms with Gasteiger partial charge in [0.1, 0.15) is 5.75 Å².